The van der Waals surface area contributed by atoms with E-state index < -0.39 is 0 Å². The third-order valence-corrected chi connectivity index (χ3v) is 4.43. The lowest BCUT2D eigenvalue weighted by Gasteiger charge is -2.24. The molecule has 0 saturated heterocycles. The Labute approximate surface area is 98.0 Å². The molecule has 4 heteroatoms. The Morgan fingerprint density at radius 1 is 1.43 bits per heavy atom. The molecule has 0 aliphatic heterocycles. The van der Waals surface area contributed by atoms with Crippen LogP contribution in [0.4, 0.5) is 0 Å². The van der Waals surface area contributed by atoms with E-state index in [0.29, 0.717) is 5.92 Å². The quantitative estimate of drug-likeness (QED) is 0.639. The molecule has 3 N–H and O–H groups in total. The number of hydrogen-bond donors (Lipinski definition) is 2. The van der Waals surface area contributed by atoms with Crippen molar-refractivity contribution in [1.82, 2.24) is 5.43 Å². The Balaban J connectivity index is 2.86. The summed E-state index contributed by atoms with van der Waals surface area (Å²) in [5.74, 6) is 6.22. The van der Waals surface area contributed by atoms with Gasteiger partial charge >= 0.3 is 0 Å². The number of hydrazine groups is 1. The van der Waals surface area contributed by atoms with E-state index in [-0.39, 0.29) is 6.04 Å². The molecule has 80 valence electrons. The Bertz CT molecular complexity index is 271. The molecule has 14 heavy (non-hydrogen) atoms. The van der Waals surface area contributed by atoms with Crippen molar-refractivity contribution in [3.05, 3.63) is 20.8 Å². The first kappa shape index (κ1) is 12.2. The summed E-state index contributed by atoms with van der Waals surface area (Å²) in [6.07, 6.45) is 2.29. The van der Waals surface area contributed by atoms with Crippen molar-refractivity contribution in [1.29, 1.82) is 0 Å². The minimum Gasteiger partial charge on any atom is -0.271 e. The number of halogens is 1. The van der Waals surface area contributed by atoms with Gasteiger partial charge in [0.25, 0.3) is 0 Å². The second-order valence-corrected chi connectivity index (χ2v) is 4.99. The molecular formula is C10H17BrN2S. The molecule has 0 saturated carbocycles. The summed E-state index contributed by atoms with van der Waals surface area (Å²) in [4.78, 5) is 0. The highest BCUT2D eigenvalue weighted by Gasteiger charge is 2.21. The van der Waals surface area contributed by atoms with E-state index in [0.717, 1.165) is 17.3 Å². The molecule has 1 unspecified atom stereocenters. The van der Waals surface area contributed by atoms with Crippen molar-refractivity contribution in [3.63, 3.8) is 0 Å². The van der Waals surface area contributed by atoms with Crippen LogP contribution in [-0.2, 0) is 0 Å². The minimum atomic E-state index is 0.269. The van der Waals surface area contributed by atoms with E-state index in [1.165, 1.54) is 5.56 Å². The second-order valence-electron chi connectivity index (χ2n) is 3.40. The number of nitrogens with two attached hydrogens (primary N) is 1. The number of thiophene rings is 1. The van der Waals surface area contributed by atoms with Gasteiger partial charge in [0.05, 0.1) is 6.04 Å². The predicted octanol–water partition coefficient (Wildman–Crippen LogP) is 3.45. The number of hydrogen-bond acceptors (Lipinski definition) is 3. The van der Waals surface area contributed by atoms with Crippen LogP contribution in [0.15, 0.2) is 15.2 Å². The van der Waals surface area contributed by atoms with E-state index in [2.05, 4.69) is 46.0 Å². The van der Waals surface area contributed by atoms with Crippen molar-refractivity contribution in [2.45, 2.75) is 32.7 Å². The first-order valence-corrected chi connectivity index (χ1v) is 6.65. The van der Waals surface area contributed by atoms with Gasteiger partial charge in [-0.1, -0.05) is 26.7 Å². The van der Waals surface area contributed by atoms with Crippen molar-refractivity contribution >= 4 is 27.3 Å². The maximum absolute atomic E-state index is 5.62. The molecule has 0 bridgehead atoms. The first-order valence-electron chi connectivity index (χ1n) is 4.92. The third kappa shape index (κ3) is 2.57. The summed E-state index contributed by atoms with van der Waals surface area (Å²) in [6.45, 7) is 4.41. The van der Waals surface area contributed by atoms with Gasteiger partial charge in [0.15, 0.2) is 0 Å². The highest BCUT2D eigenvalue weighted by atomic mass is 79.9. The van der Waals surface area contributed by atoms with E-state index in [4.69, 9.17) is 5.84 Å². The fraction of sp³-hybridized carbons (Fsp3) is 0.600. The highest BCUT2D eigenvalue weighted by Crippen LogP contribution is 2.33. The lowest BCUT2D eigenvalue weighted by Crippen LogP contribution is -2.33. The molecule has 0 fully saturated rings. The standard InChI is InChI=1S/C10H17BrN2S/c1-3-7(4-2)10(13-12)8-5-14-6-9(8)11/h5-7,10,13H,3-4,12H2,1-2H3. The molecule has 0 aromatic carbocycles. The molecule has 1 rings (SSSR count). The molecule has 1 heterocycles. The lowest BCUT2D eigenvalue weighted by molar-refractivity contribution is 0.345. The van der Waals surface area contributed by atoms with Crippen LogP contribution in [0.25, 0.3) is 0 Å². The highest BCUT2D eigenvalue weighted by molar-refractivity contribution is 9.10. The van der Waals surface area contributed by atoms with Gasteiger partial charge < -0.3 is 0 Å². The van der Waals surface area contributed by atoms with Gasteiger partial charge in [-0.3, -0.25) is 11.3 Å². The molecular weight excluding hydrogens is 260 g/mol. The molecule has 1 aromatic heterocycles. The molecule has 1 aromatic rings. The zero-order chi connectivity index (χ0) is 10.6. The molecule has 0 spiro atoms. The SMILES string of the molecule is CCC(CC)C(NN)c1cscc1Br. The van der Waals surface area contributed by atoms with Crippen LogP contribution < -0.4 is 11.3 Å². The zero-order valence-electron chi connectivity index (χ0n) is 8.59. The summed E-state index contributed by atoms with van der Waals surface area (Å²) in [6, 6.07) is 0.269. The van der Waals surface area contributed by atoms with Gasteiger partial charge in [0, 0.05) is 9.85 Å². The van der Waals surface area contributed by atoms with Gasteiger partial charge in [-0.25, -0.2) is 0 Å². The van der Waals surface area contributed by atoms with Gasteiger partial charge in [-0.15, -0.1) is 0 Å². The fourth-order valence-electron chi connectivity index (χ4n) is 1.75. The van der Waals surface area contributed by atoms with Crippen LogP contribution in [0.3, 0.4) is 0 Å². The van der Waals surface area contributed by atoms with Crippen LogP contribution >= 0.6 is 27.3 Å². The summed E-state index contributed by atoms with van der Waals surface area (Å²) in [7, 11) is 0. The Morgan fingerprint density at radius 2 is 2.07 bits per heavy atom. The minimum absolute atomic E-state index is 0.269. The second kappa shape index (κ2) is 5.85. The van der Waals surface area contributed by atoms with Crippen molar-refractivity contribution < 1.29 is 0 Å². The van der Waals surface area contributed by atoms with Crippen LogP contribution in [0.1, 0.15) is 38.3 Å². The van der Waals surface area contributed by atoms with E-state index in [1.807, 2.05) is 0 Å². The predicted molar refractivity (Wildman–Crippen MR) is 66.2 cm³/mol. The van der Waals surface area contributed by atoms with Gasteiger partial charge in [-0.05, 0) is 32.8 Å². The van der Waals surface area contributed by atoms with E-state index in [1.54, 1.807) is 11.3 Å². The number of nitrogens with one attached hydrogen (secondary N) is 1. The molecule has 0 aliphatic carbocycles. The van der Waals surface area contributed by atoms with Crippen LogP contribution in [0.2, 0.25) is 0 Å². The Morgan fingerprint density at radius 3 is 2.43 bits per heavy atom. The maximum atomic E-state index is 5.62. The largest absolute Gasteiger partial charge is 0.271 e. The van der Waals surface area contributed by atoms with Crippen molar-refractivity contribution in [2.24, 2.45) is 11.8 Å². The molecule has 2 nitrogen and oxygen atoms in total. The van der Waals surface area contributed by atoms with Crippen LogP contribution in [0, 0.1) is 5.92 Å². The van der Waals surface area contributed by atoms with Crippen molar-refractivity contribution in [2.75, 3.05) is 0 Å². The summed E-state index contributed by atoms with van der Waals surface area (Å²) >= 11 is 5.26. The first-order chi connectivity index (χ1) is 6.74. The van der Waals surface area contributed by atoms with Gasteiger partial charge in [0.1, 0.15) is 0 Å². The van der Waals surface area contributed by atoms with Gasteiger partial charge in [-0.2, -0.15) is 11.3 Å². The molecule has 0 amide bonds. The third-order valence-electron chi connectivity index (χ3n) is 2.68. The lowest BCUT2D eigenvalue weighted by atomic mass is 9.91. The maximum Gasteiger partial charge on any atom is 0.0507 e. The molecule has 1 atom stereocenters. The zero-order valence-corrected chi connectivity index (χ0v) is 11.0. The molecule has 0 radical (unpaired) electrons. The summed E-state index contributed by atoms with van der Waals surface area (Å²) < 4.78 is 1.16. The smallest absolute Gasteiger partial charge is 0.0507 e. The fourth-order valence-corrected chi connectivity index (χ4v) is 3.33. The average molecular weight is 277 g/mol. The van der Waals surface area contributed by atoms with E-state index in [9.17, 15) is 0 Å². The summed E-state index contributed by atoms with van der Waals surface area (Å²) in [5, 5.41) is 4.26. The van der Waals surface area contributed by atoms with Crippen LogP contribution in [0.5, 0.6) is 0 Å². The Kier molecular flexibility index (Phi) is 5.09. The average Bonchev–Trinajstić information content (AvgIpc) is 2.61. The van der Waals surface area contributed by atoms with Crippen molar-refractivity contribution in [3.8, 4) is 0 Å². The topological polar surface area (TPSA) is 38.0 Å². The number of rotatable bonds is 5. The van der Waals surface area contributed by atoms with E-state index >= 15 is 0 Å². The normalized spacial score (nSPS) is 13.5. The van der Waals surface area contributed by atoms with Gasteiger partial charge in [0.2, 0.25) is 0 Å². The monoisotopic (exact) mass is 276 g/mol. The molecule has 0 aliphatic rings. The Hall–Kier alpha value is 0.100. The summed E-state index contributed by atoms with van der Waals surface area (Å²) in [5.41, 5.74) is 4.21. The van der Waals surface area contributed by atoms with Crippen LogP contribution in [-0.4, -0.2) is 0 Å².